The van der Waals surface area contributed by atoms with Crippen LogP contribution in [0.25, 0.3) is 0 Å². The van der Waals surface area contributed by atoms with Crippen LogP contribution in [0, 0.1) is 20.8 Å². The van der Waals surface area contributed by atoms with Gasteiger partial charge in [0.2, 0.25) is 5.91 Å². The molecule has 1 N–H and O–H groups in total. The zero-order valence-corrected chi connectivity index (χ0v) is 15.6. The van der Waals surface area contributed by atoms with Gasteiger partial charge in [-0.25, -0.2) is 4.79 Å². The predicted octanol–water partition coefficient (Wildman–Crippen LogP) is 2.91. The lowest BCUT2D eigenvalue weighted by atomic mass is 10.00. The van der Waals surface area contributed by atoms with E-state index in [0.29, 0.717) is 19.5 Å². The molecule has 136 valence electrons. The molecule has 1 atom stereocenters. The number of carbonyl (C=O) groups is 2. The zero-order valence-electron chi connectivity index (χ0n) is 15.6. The molecule has 5 nitrogen and oxygen atoms in total. The van der Waals surface area contributed by atoms with E-state index in [2.05, 4.69) is 38.2 Å². The van der Waals surface area contributed by atoms with E-state index in [1.54, 1.807) is 0 Å². The maximum Gasteiger partial charge on any atom is 0.317 e. The molecule has 0 bridgehead atoms. The first-order valence-corrected chi connectivity index (χ1v) is 9.34. The second-order valence-electron chi connectivity index (χ2n) is 7.47. The summed E-state index contributed by atoms with van der Waals surface area (Å²) in [6.07, 6.45) is 3.58. The molecule has 3 amide bonds. The number of likely N-dealkylation sites (tertiary alicyclic amines) is 2. The van der Waals surface area contributed by atoms with E-state index in [1.807, 2.05) is 9.80 Å². The standard InChI is InChI=1S/C20H29N3O2/c1-14-10-15(2)18(16(3)11-14)12-21-20(25)22-8-4-6-17(13-22)23-9-5-7-19(23)24/h10-11,17H,4-9,12-13H2,1-3H3,(H,21,25). The molecule has 5 heteroatoms. The Hall–Kier alpha value is -2.04. The summed E-state index contributed by atoms with van der Waals surface area (Å²) >= 11 is 0. The highest BCUT2D eigenvalue weighted by molar-refractivity contribution is 5.79. The van der Waals surface area contributed by atoms with Gasteiger partial charge in [-0.15, -0.1) is 0 Å². The molecule has 0 spiro atoms. The van der Waals surface area contributed by atoms with Crippen LogP contribution >= 0.6 is 0 Å². The molecule has 2 aliphatic heterocycles. The van der Waals surface area contributed by atoms with Gasteiger partial charge in [-0.05, 0) is 56.7 Å². The van der Waals surface area contributed by atoms with E-state index in [9.17, 15) is 9.59 Å². The number of piperidine rings is 1. The average molecular weight is 343 g/mol. The number of carbonyl (C=O) groups excluding carboxylic acids is 2. The van der Waals surface area contributed by atoms with Crippen molar-refractivity contribution in [1.82, 2.24) is 15.1 Å². The van der Waals surface area contributed by atoms with E-state index in [-0.39, 0.29) is 18.0 Å². The fourth-order valence-corrected chi connectivity index (χ4v) is 4.21. The van der Waals surface area contributed by atoms with Crippen molar-refractivity contribution in [2.24, 2.45) is 0 Å². The summed E-state index contributed by atoms with van der Waals surface area (Å²) < 4.78 is 0. The Balaban J connectivity index is 1.59. The number of urea groups is 1. The van der Waals surface area contributed by atoms with E-state index in [1.165, 1.54) is 22.3 Å². The first-order chi connectivity index (χ1) is 12.0. The monoisotopic (exact) mass is 343 g/mol. The molecule has 0 aliphatic carbocycles. The molecule has 2 aliphatic rings. The van der Waals surface area contributed by atoms with E-state index in [4.69, 9.17) is 0 Å². The minimum atomic E-state index is -0.0179. The highest BCUT2D eigenvalue weighted by Gasteiger charge is 2.32. The Labute approximate surface area is 150 Å². The van der Waals surface area contributed by atoms with Crippen molar-refractivity contribution in [3.63, 3.8) is 0 Å². The van der Waals surface area contributed by atoms with Crippen molar-refractivity contribution < 1.29 is 9.59 Å². The number of nitrogens with zero attached hydrogens (tertiary/aromatic N) is 2. The maximum absolute atomic E-state index is 12.6. The van der Waals surface area contributed by atoms with Crippen molar-refractivity contribution in [1.29, 1.82) is 0 Å². The van der Waals surface area contributed by atoms with Crippen molar-refractivity contribution in [3.8, 4) is 0 Å². The summed E-state index contributed by atoms with van der Waals surface area (Å²) in [6, 6.07) is 4.49. The van der Waals surface area contributed by atoms with Gasteiger partial charge in [0.1, 0.15) is 0 Å². The van der Waals surface area contributed by atoms with Crippen LogP contribution in [0.1, 0.15) is 47.9 Å². The van der Waals surface area contributed by atoms with Gasteiger partial charge in [0.25, 0.3) is 0 Å². The molecule has 1 aromatic rings. The third-order valence-corrected chi connectivity index (χ3v) is 5.49. The van der Waals surface area contributed by atoms with E-state index >= 15 is 0 Å². The van der Waals surface area contributed by atoms with Gasteiger partial charge in [-0.1, -0.05) is 17.7 Å². The number of benzene rings is 1. The lowest BCUT2D eigenvalue weighted by molar-refractivity contribution is -0.130. The average Bonchev–Trinajstić information content (AvgIpc) is 3.00. The molecule has 1 aromatic carbocycles. The minimum Gasteiger partial charge on any atom is -0.338 e. The van der Waals surface area contributed by atoms with Crippen LogP contribution in [0.3, 0.4) is 0 Å². The molecule has 2 saturated heterocycles. The Morgan fingerprint density at radius 1 is 1.16 bits per heavy atom. The van der Waals surface area contributed by atoms with Crippen LogP contribution in [0.15, 0.2) is 12.1 Å². The quantitative estimate of drug-likeness (QED) is 0.917. The summed E-state index contributed by atoms with van der Waals surface area (Å²) in [5.41, 5.74) is 4.88. The smallest absolute Gasteiger partial charge is 0.317 e. The third-order valence-electron chi connectivity index (χ3n) is 5.49. The van der Waals surface area contributed by atoms with Gasteiger partial charge in [0.15, 0.2) is 0 Å². The Kier molecular flexibility index (Phi) is 5.30. The van der Waals surface area contributed by atoms with E-state index < -0.39 is 0 Å². The molecular weight excluding hydrogens is 314 g/mol. The number of amides is 3. The van der Waals surface area contributed by atoms with Crippen LogP contribution in [0.5, 0.6) is 0 Å². The zero-order chi connectivity index (χ0) is 18.0. The Bertz CT molecular complexity index is 648. The number of aryl methyl sites for hydroxylation is 3. The fourth-order valence-electron chi connectivity index (χ4n) is 4.21. The minimum absolute atomic E-state index is 0.0179. The largest absolute Gasteiger partial charge is 0.338 e. The maximum atomic E-state index is 12.6. The van der Waals surface area contributed by atoms with E-state index in [0.717, 1.165) is 32.4 Å². The molecule has 3 rings (SSSR count). The molecule has 0 saturated carbocycles. The first kappa shape index (κ1) is 17.8. The van der Waals surface area contributed by atoms with Gasteiger partial charge in [0, 0.05) is 38.6 Å². The van der Waals surface area contributed by atoms with Gasteiger partial charge in [-0.2, -0.15) is 0 Å². The molecule has 2 heterocycles. The Morgan fingerprint density at radius 2 is 1.88 bits per heavy atom. The molecule has 0 aromatic heterocycles. The SMILES string of the molecule is Cc1cc(C)c(CNC(=O)N2CCCC(N3CCCC3=O)C2)c(C)c1. The summed E-state index contributed by atoms with van der Waals surface area (Å²) in [6.45, 7) is 9.12. The van der Waals surface area contributed by atoms with Crippen molar-refractivity contribution in [2.75, 3.05) is 19.6 Å². The summed E-state index contributed by atoms with van der Waals surface area (Å²) in [5, 5.41) is 3.08. The topological polar surface area (TPSA) is 52.7 Å². The Morgan fingerprint density at radius 3 is 2.52 bits per heavy atom. The lowest BCUT2D eigenvalue weighted by Crippen LogP contribution is -2.52. The summed E-state index contributed by atoms with van der Waals surface area (Å²) in [5.74, 6) is 0.248. The van der Waals surface area contributed by atoms with Crippen LogP contribution in [-0.4, -0.2) is 47.4 Å². The second kappa shape index (κ2) is 7.46. The van der Waals surface area contributed by atoms with Crippen LogP contribution in [0.2, 0.25) is 0 Å². The fraction of sp³-hybridized carbons (Fsp3) is 0.600. The van der Waals surface area contributed by atoms with Crippen LogP contribution < -0.4 is 5.32 Å². The highest BCUT2D eigenvalue weighted by Crippen LogP contribution is 2.22. The summed E-state index contributed by atoms with van der Waals surface area (Å²) in [4.78, 5) is 28.4. The van der Waals surface area contributed by atoms with Crippen molar-refractivity contribution >= 4 is 11.9 Å². The number of rotatable bonds is 3. The van der Waals surface area contributed by atoms with Gasteiger partial charge in [-0.3, -0.25) is 4.79 Å². The summed E-state index contributed by atoms with van der Waals surface area (Å²) in [7, 11) is 0. The first-order valence-electron chi connectivity index (χ1n) is 9.34. The number of hydrogen-bond acceptors (Lipinski definition) is 2. The molecule has 2 fully saturated rings. The molecule has 25 heavy (non-hydrogen) atoms. The number of nitrogens with one attached hydrogen (secondary N) is 1. The van der Waals surface area contributed by atoms with Gasteiger partial charge in [0.05, 0.1) is 0 Å². The van der Waals surface area contributed by atoms with Crippen LogP contribution in [-0.2, 0) is 11.3 Å². The van der Waals surface area contributed by atoms with Crippen LogP contribution in [0.4, 0.5) is 4.79 Å². The van der Waals surface area contributed by atoms with Crippen molar-refractivity contribution in [2.45, 2.75) is 59.0 Å². The number of hydrogen-bond donors (Lipinski definition) is 1. The van der Waals surface area contributed by atoms with Gasteiger partial charge < -0.3 is 15.1 Å². The third kappa shape index (κ3) is 3.97. The molecular formula is C20H29N3O2. The van der Waals surface area contributed by atoms with Gasteiger partial charge >= 0.3 is 6.03 Å². The predicted molar refractivity (Wildman–Crippen MR) is 98.4 cm³/mol. The molecule has 0 radical (unpaired) electrons. The lowest BCUT2D eigenvalue weighted by Gasteiger charge is -2.37. The van der Waals surface area contributed by atoms with Crippen molar-refractivity contribution in [3.05, 3.63) is 34.4 Å². The normalized spacial score (nSPS) is 20.9. The second-order valence-corrected chi connectivity index (χ2v) is 7.47. The highest BCUT2D eigenvalue weighted by atomic mass is 16.2. The molecule has 1 unspecified atom stereocenters.